The van der Waals surface area contributed by atoms with E-state index >= 15 is 0 Å². The number of rotatable bonds is 8. The van der Waals surface area contributed by atoms with Crippen molar-refractivity contribution < 1.29 is 19.0 Å². The topological polar surface area (TPSA) is 74.1 Å². The summed E-state index contributed by atoms with van der Waals surface area (Å²) in [4.78, 5) is 11.9. The fourth-order valence-corrected chi connectivity index (χ4v) is 2.50. The Hall–Kier alpha value is -3.74. The largest absolute Gasteiger partial charge is 0.497 e. The van der Waals surface area contributed by atoms with Gasteiger partial charge in [0.1, 0.15) is 5.75 Å². The van der Waals surface area contributed by atoms with Crippen LogP contribution in [-0.4, -0.2) is 37.5 Å². The minimum atomic E-state index is -0.364. The van der Waals surface area contributed by atoms with Crippen LogP contribution in [-0.2, 0) is 4.79 Å². The van der Waals surface area contributed by atoms with Crippen LogP contribution >= 0.6 is 0 Å². The van der Waals surface area contributed by atoms with Gasteiger partial charge in [-0.1, -0.05) is 12.1 Å². The lowest BCUT2D eigenvalue weighted by Crippen LogP contribution is -2.24. The maximum absolute atomic E-state index is 11.9. The first kappa shape index (κ1) is 19.0. The van der Waals surface area contributed by atoms with Crippen molar-refractivity contribution in [2.45, 2.75) is 0 Å². The Labute approximate surface area is 163 Å². The third kappa shape index (κ3) is 4.91. The molecule has 7 nitrogen and oxygen atoms in total. The maximum Gasteiger partial charge on any atom is 0.277 e. The number of benzene rings is 2. The summed E-state index contributed by atoms with van der Waals surface area (Å²) in [5.74, 6) is 1.51. The van der Waals surface area contributed by atoms with Crippen molar-refractivity contribution in [3.8, 4) is 22.9 Å². The van der Waals surface area contributed by atoms with E-state index in [-0.39, 0.29) is 12.5 Å². The molecule has 0 saturated carbocycles. The number of hydrogen-bond donors (Lipinski definition) is 1. The van der Waals surface area contributed by atoms with Gasteiger partial charge in [-0.05, 0) is 42.5 Å². The third-order valence-corrected chi connectivity index (χ3v) is 3.92. The summed E-state index contributed by atoms with van der Waals surface area (Å²) in [5, 5.41) is 3.96. The lowest BCUT2D eigenvalue weighted by molar-refractivity contribution is -0.123. The normalized spacial score (nSPS) is 10.6. The molecule has 0 atom stereocenters. The van der Waals surface area contributed by atoms with Crippen molar-refractivity contribution in [2.75, 3.05) is 20.8 Å². The lowest BCUT2D eigenvalue weighted by Gasteiger charge is -2.09. The van der Waals surface area contributed by atoms with Gasteiger partial charge in [0, 0.05) is 23.6 Å². The van der Waals surface area contributed by atoms with E-state index < -0.39 is 0 Å². The van der Waals surface area contributed by atoms with Gasteiger partial charge in [-0.3, -0.25) is 4.79 Å². The van der Waals surface area contributed by atoms with Gasteiger partial charge < -0.3 is 18.8 Å². The van der Waals surface area contributed by atoms with E-state index in [2.05, 4.69) is 10.5 Å². The van der Waals surface area contributed by atoms with E-state index in [9.17, 15) is 4.79 Å². The van der Waals surface area contributed by atoms with Gasteiger partial charge in [0.15, 0.2) is 18.1 Å². The molecule has 1 heterocycles. The van der Waals surface area contributed by atoms with Crippen LogP contribution < -0.4 is 19.6 Å². The Bertz CT molecular complexity index is 948. The minimum absolute atomic E-state index is 0.162. The van der Waals surface area contributed by atoms with E-state index in [1.807, 2.05) is 53.4 Å². The fraction of sp³-hybridized carbons (Fsp3) is 0.143. The molecular formula is C21H21N3O4. The van der Waals surface area contributed by atoms with Crippen molar-refractivity contribution in [3.05, 3.63) is 72.6 Å². The summed E-state index contributed by atoms with van der Waals surface area (Å²) in [6.07, 6.45) is 5.39. The number of para-hydroxylation sites is 2. The molecular weight excluding hydrogens is 358 g/mol. The maximum atomic E-state index is 11.9. The molecule has 0 unspecified atom stereocenters. The zero-order chi connectivity index (χ0) is 19.8. The highest BCUT2D eigenvalue weighted by molar-refractivity contribution is 5.82. The molecule has 144 valence electrons. The van der Waals surface area contributed by atoms with Gasteiger partial charge >= 0.3 is 0 Å². The van der Waals surface area contributed by atoms with Gasteiger partial charge in [0.05, 0.1) is 20.4 Å². The standard InChI is InChI=1S/C21H21N3O4/c1-26-18-9-7-17(8-10-18)24-12-11-16(14-24)13-22-23-21(25)15-28-20-6-4-3-5-19(20)27-2/h3-14H,15H2,1-2H3,(H,23,25)/b22-13+. The summed E-state index contributed by atoms with van der Waals surface area (Å²) in [6.45, 7) is -0.162. The second kappa shape index (κ2) is 9.27. The Balaban J connectivity index is 1.51. The molecule has 0 spiro atoms. The predicted molar refractivity (Wildman–Crippen MR) is 107 cm³/mol. The van der Waals surface area contributed by atoms with Crippen LogP contribution in [0.3, 0.4) is 0 Å². The SMILES string of the molecule is COc1ccc(-n2ccc(/C=N/NC(=O)COc3ccccc3OC)c2)cc1. The van der Waals surface area contributed by atoms with Crippen LogP contribution in [0.25, 0.3) is 5.69 Å². The number of ether oxygens (including phenoxy) is 3. The average molecular weight is 379 g/mol. The third-order valence-electron chi connectivity index (χ3n) is 3.92. The Morgan fingerprint density at radius 3 is 2.50 bits per heavy atom. The first-order valence-electron chi connectivity index (χ1n) is 8.60. The first-order chi connectivity index (χ1) is 13.7. The molecule has 1 aromatic heterocycles. The van der Waals surface area contributed by atoms with Crippen molar-refractivity contribution in [1.82, 2.24) is 9.99 Å². The van der Waals surface area contributed by atoms with E-state index in [4.69, 9.17) is 14.2 Å². The van der Waals surface area contributed by atoms with Crippen LogP contribution in [0.4, 0.5) is 0 Å². The molecule has 28 heavy (non-hydrogen) atoms. The summed E-state index contributed by atoms with van der Waals surface area (Å²) < 4.78 is 17.7. The zero-order valence-corrected chi connectivity index (χ0v) is 15.7. The Morgan fingerprint density at radius 1 is 1.04 bits per heavy atom. The number of carbonyl (C=O) groups is 1. The van der Waals surface area contributed by atoms with Gasteiger partial charge in [-0.15, -0.1) is 0 Å². The van der Waals surface area contributed by atoms with Crippen LogP contribution in [0.2, 0.25) is 0 Å². The van der Waals surface area contributed by atoms with Crippen molar-refractivity contribution >= 4 is 12.1 Å². The molecule has 3 aromatic rings. The molecule has 1 amide bonds. The Kier molecular flexibility index (Phi) is 6.30. The predicted octanol–water partition coefficient (Wildman–Crippen LogP) is 3.02. The van der Waals surface area contributed by atoms with E-state index in [1.54, 1.807) is 38.6 Å². The van der Waals surface area contributed by atoms with Crippen LogP contribution in [0.1, 0.15) is 5.56 Å². The molecule has 0 aliphatic carbocycles. The average Bonchev–Trinajstić information content (AvgIpc) is 3.21. The highest BCUT2D eigenvalue weighted by Crippen LogP contribution is 2.25. The molecule has 7 heteroatoms. The number of hydrazone groups is 1. The lowest BCUT2D eigenvalue weighted by atomic mass is 10.3. The molecule has 0 fully saturated rings. The number of methoxy groups -OCH3 is 2. The van der Waals surface area contributed by atoms with E-state index in [0.29, 0.717) is 11.5 Å². The highest BCUT2D eigenvalue weighted by atomic mass is 16.5. The quantitative estimate of drug-likeness (QED) is 0.482. The summed E-state index contributed by atoms with van der Waals surface area (Å²) >= 11 is 0. The minimum Gasteiger partial charge on any atom is -0.497 e. The molecule has 1 N–H and O–H groups in total. The van der Waals surface area contributed by atoms with Crippen molar-refractivity contribution in [2.24, 2.45) is 5.10 Å². The molecule has 2 aromatic carbocycles. The summed E-state index contributed by atoms with van der Waals surface area (Å²) in [6, 6.07) is 16.7. The van der Waals surface area contributed by atoms with Crippen LogP contribution in [0, 0.1) is 0 Å². The fourth-order valence-electron chi connectivity index (χ4n) is 2.50. The van der Waals surface area contributed by atoms with E-state index in [0.717, 1.165) is 17.0 Å². The summed E-state index contributed by atoms with van der Waals surface area (Å²) in [5.41, 5.74) is 4.29. The number of nitrogens with zero attached hydrogens (tertiary/aromatic N) is 2. The second-order valence-corrected chi connectivity index (χ2v) is 5.78. The van der Waals surface area contributed by atoms with Gasteiger partial charge in [0.25, 0.3) is 5.91 Å². The molecule has 0 aliphatic heterocycles. The van der Waals surface area contributed by atoms with Crippen LogP contribution in [0.5, 0.6) is 17.2 Å². The zero-order valence-electron chi connectivity index (χ0n) is 15.7. The molecule has 0 radical (unpaired) electrons. The molecule has 0 saturated heterocycles. The monoisotopic (exact) mass is 379 g/mol. The van der Waals surface area contributed by atoms with Gasteiger partial charge in [-0.25, -0.2) is 5.43 Å². The molecule has 0 aliphatic rings. The Morgan fingerprint density at radius 2 is 1.79 bits per heavy atom. The van der Waals surface area contributed by atoms with Gasteiger partial charge in [-0.2, -0.15) is 5.10 Å². The number of nitrogens with one attached hydrogen (secondary N) is 1. The van der Waals surface area contributed by atoms with Crippen LogP contribution in [0.15, 0.2) is 72.1 Å². The first-order valence-corrected chi connectivity index (χ1v) is 8.60. The van der Waals surface area contributed by atoms with Crippen molar-refractivity contribution in [1.29, 1.82) is 0 Å². The van der Waals surface area contributed by atoms with Crippen molar-refractivity contribution in [3.63, 3.8) is 0 Å². The molecule has 0 bridgehead atoms. The number of aromatic nitrogens is 1. The second-order valence-electron chi connectivity index (χ2n) is 5.78. The number of hydrogen-bond acceptors (Lipinski definition) is 5. The number of amides is 1. The smallest absolute Gasteiger partial charge is 0.277 e. The van der Waals surface area contributed by atoms with Gasteiger partial charge in [0.2, 0.25) is 0 Å². The summed E-state index contributed by atoms with van der Waals surface area (Å²) in [7, 11) is 3.18. The highest BCUT2D eigenvalue weighted by Gasteiger charge is 2.06. The molecule has 3 rings (SSSR count). The van der Waals surface area contributed by atoms with E-state index in [1.165, 1.54) is 0 Å². The number of carbonyl (C=O) groups excluding carboxylic acids is 1.